The fraction of sp³-hybridized carbons (Fsp3) is 0.941. The van der Waals surface area contributed by atoms with Crippen molar-refractivity contribution in [3.8, 4) is 0 Å². The number of H-pyrrole nitrogens is 1. The summed E-state index contributed by atoms with van der Waals surface area (Å²) < 4.78 is 2.66. The zero-order valence-corrected chi connectivity index (χ0v) is 37.5. The summed E-state index contributed by atoms with van der Waals surface area (Å²) in [6.07, 6.45) is 65.1. The Morgan fingerprint density at radius 2 is 0.604 bits per heavy atom. The maximum atomic E-state index is 3.79. The zero-order valence-electron chi connectivity index (χ0n) is 37.5. The number of nitrogens with zero attached hydrogens (tertiary/aromatic N) is 1. The van der Waals surface area contributed by atoms with E-state index in [1.807, 2.05) is 0 Å². The number of unbranched alkanes of at least 4 members (excludes halogenated alkanes) is 36. The van der Waals surface area contributed by atoms with E-state index in [-0.39, 0.29) is 0 Å². The lowest BCUT2D eigenvalue weighted by Crippen LogP contribution is -2.41. The van der Waals surface area contributed by atoms with Crippen molar-refractivity contribution in [1.29, 1.82) is 0 Å². The number of nitrogens with one attached hydrogen (secondary N) is 1. The average molecular weight is 742 g/mol. The molecular weight excluding hydrogens is 641 g/mol. The molecule has 0 saturated heterocycles. The van der Waals surface area contributed by atoms with Crippen LogP contribution in [0.4, 0.5) is 0 Å². The molecule has 1 aromatic rings. The quantitative estimate of drug-likeness (QED) is 0.0507. The molecule has 0 saturated carbocycles. The van der Waals surface area contributed by atoms with E-state index in [0.29, 0.717) is 12.0 Å². The van der Waals surface area contributed by atoms with Gasteiger partial charge < -0.3 is 0 Å². The van der Waals surface area contributed by atoms with Crippen LogP contribution in [0.3, 0.4) is 0 Å². The summed E-state index contributed by atoms with van der Waals surface area (Å²) in [7, 11) is 0. The minimum atomic E-state index is 0.616. The lowest BCUT2D eigenvalue weighted by molar-refractivity contribution is -0.727. The van der Waals surface area contributed by atoms with Crippen LogP contribution in [0.1, 0.15) is 315 Å². The SMILES string of the molecule is CCCCCCCCCCCCCCCCCC(CCCCCCCCCCC)c1[nH]cc[n+]1C(C)CCCCCCCCCCCCCCCCC. The van der Waals surface area contributed by atoms with Gasteiger partial charge in [0.2, 0.25) is 0 Å². The van der Waals surface area contributed by atoms with Gasteiger partial charge in [0, 0.05) is 0 Å². The Kier molecular flexibility index (Phi) is 38.7. The molecule has 0 spiro atoms. The van der Waals surface area contributed by atoms with Gasteiger partial charge in [-0.3, -0.25) is 0 Å². The van der Waals surface area contributed by atoms with Gasteiger partial charge >= 0.3 is 0 Å². The van der Waals surface area contributed by atoms with Gasteiger partial charge in [-0.15, -0.1) is 0 Å². The molecule has 1 aromatic heterocycles. The summed E-state index contributed by atoms with van der Waals surface area (Å²) >= 11 is 0. The maximum absolute atomic E-state index is 3.79. The van der Waals surface area contributed by atoms with E-state index in [1.54, 1.807) is 5.82 Å². The lowest BCUT2D eigenvalue weighted by atomic mass is 9.92. The monoisotopic (exact) mass is 742 g/mol. The standard InChI is InChI=1S/C51H100N2/c1-5-8-11-14-17-20-22-24-26-28-30-33-35-38-41-44-49(4)53-48-47-52-51(53)50(45-42-39-36-32-19-16-13-10-7-3)46-43-40-37-34-31-29-27-25-23-21-18-15-12-9-6-2/h47-50H,5-46H2,1-4H3/p+1. The van der Waals surface area contributed by atoms with Crippen molar-refractivity contribution in [2.24, 2.45) is 0 Å². The van der Waals surface area contributed by atoms with E-state index in [2.05, 4.69) is 49.6 Å². The fourth-order valence-electron chi connectivity index (χ4n) is 8.90. The summed E-state index contributed by atoms with van der Waals surface area (Å²) in [5.41, 5.74) is 0. The topological polar surface area (TPSA) is 19.7 Å². The highest BCUT2D eigenvalue weighted by Gasteiger charge is 2.25. The Hall–Kier alpha value is -0.790. The highest BCUT2D eigenvalue weighted by Crippen LogP contribution is 2.28. The van der Waals surface area contributed by atoms with Crippen LogP contribution in [0.5, 0.6) is 0 Å². The Morgan fingerprint density at radius 3 is 0.887 bits per heavy atom. The molecule has 1 rings (SSSR count). The van der Waals surface area contributed by atoms with Gasteiger partial charge in [-0.2, -0.15) is 0 Å². The van der Waals surface area contributed by atoms with E-state index in [9.17, 15) is 0 Å². The number of hydrogen-bond donors (Lipinski definition) is 1. The summed E-state index contributed by atoms with van der Waals surface area (Å²) in [6, 6.07) is 0.616. The van der Waals surface area contributed by atoms with Crippen molar-refractivity contribution in [2.75, 3.05) is 0 Å². The van der Waals surface area contributed by atoms with Crippen molar-refractivity contribution >= 4 is 0 Å². The van der Waals surface area contributed by atoms with Crippen molar-refractivity contribution in [1.82, 2.24) is 4.98 Å². The molecule has 2 atom stereocenters. The zero-order chi connectivity index (χ0) is 38.1. The van der Waals surface area contributed by atoms with E-state index in [1.165, 1.54) is 270 Å². The minimum absolute atomic E-state index is 0.616. The number of rotatable bonds is 44. The molecular formula is C51H101N2+. The van der Waals surface area contributed by atoms with Crippen molar-refractivity contribution in [3.63, 3.8) is 0 Å². The first-order valence-electron chi connectivity index (χ1n) is 25.3. The molecule has 0 radical (unpaired) electrons. The molecule has 314 valence electrons. The molecule has 1 heterocycles. The van der Waals surface area contributed by atoms with Gasteiger partial charge in [-0.25, -0.2) is 9.55 Å². The van der Waals surface area contributed by atoms with E-state index < -0.39 is 0 Å². The summed E-state index contributed by atoms with van der Waals surface area (Å²) in [5, 5.41) is 0. The van der Waals surface area contributed by atoms with Gasteiger partial charge in [0.05, 0.1) is 12.0 Å². The molecule has 0 aromatic carbocycles. The third kappa shape index (κ3) is 32.0. The summed E-state index contributed by atoms with van der Waals surface area (Å²) in [5.74, 6) is 2.25. The van der Waals surface area contributed by atoms with Gasteiger partial charge in [-0.1, -0.05) is 265 Å². The molecule has 1 N–H and O–H groups in total. The van der Waals surface area contributed by atoms with Gasteiger partial charge in [0.15, 0.2) is 0 Å². The molecule has 2 nitrogen and oxygen atoms in total. The molecule has 53 heavy (non-hydrogen) atoms. The molecule has 0 amide bonds. The predicted molar refractivity (Wildman–Crippen MR) is 239 cm³/mol. The van der Waals surface area contributed by atoms with Crippen molar-refractivity contribution < 1.29 is 4.57 Å². The lowest BCUT2D eigenvalue weighted by Gasteiger charge is -2.17. The van der Waals surface area contributed by atoms with E-state index in [0.717, 1.165) is 0 Å². The smallest absolute Gasteiger partial charge is 0.247 e. The predicted octanol–water partition coefficient (Wildman–Crippen LogP) is 18.4. The number of imidazole rings is 1. The molecule has 0 aliphatic carbocycles. The normalized spacial score (nSPS) is 12.9. The first kappa shape index (κ1) is 50.2. The second-order valence-corrected chi connectivity index (χ2v) is 17.9. The number of aromatic nitrogens is 2. The second kappa shape index (κ2) is 40.9. The second-order valence-electron chi connectivity index (χ2n) is 17.9. The van der Waals surface area contributed by atoms with E-state index in [4.69, 9.17) is 0 Å². The fourth-order valence-corrected chi connectivity index (χ4v) is 8.90. The van der Waals surface area contributed by atoms with Crippen LogP contribution in [-0.4, -0.2) is 4.98 Å². The minimum Gasteiger partial charge on any atom is -0.247 e. The molecule has 2 heteroatoms. The van der Waals surface area contributed by atoms with Crippen LogP contribution < -0.4 is 4.57 Å². The highest BCUT2D eigenvalue weighted by atomic mass is 15.1. The molecule has 0 bridgehead atoms. The third-order valence-electron chi connectivity index (χ3n) is 12.6. The summed E-state index contributed by atoms with van der Waals surface area (Å²) in [4.78, 5) is 3.79. The van der Waals surface area contributed by atoms with Crippen molar-refractivity contribution in [3.05, 3.63) is 18.2 Å². The maximum Gasteiger partial charge on any atom is 0.257 e. The Balaban J connectivity index is 2.32. The molecule has 0 fully saturated rings. The van der Waals surface area contributed by atoms with Crippen LogP contribution in [-0.2, 0) is 0 Å². The van der Waals surface area contributed by atoms with Crippen LogP contribution in [0, 0.1) is 0 Å². The number of hydrogen-bond acceptors (Lipinski definition) is 0. The van der Waals surface area contributed by atoms with Crippen molar-refractivity contribution in [2.45, 2.75) is 309 Å². The van der Waals surface area contributed by atoms with Crippen LogP contribution in [0.2, 0.25) is 0 Å². The van der Waals surface area contributed by atoms with Gasteiger partial charge in [0.1, 0.15) is 12.4 Å². The first-order valence-corrected chi connectivity index (χ1v) is 25.3. The Labute approximate surface area is 336 Å². The Morgan fingerprint density at radius 1 is 0.358 bits per heavy atom. The largest absolute Gasteiger partial charge is 0.257 e. The summed E-state index contributed by atoms with van der Waals surface area (Å²) in [6.45, 7) is 9.45. The van der Waals surface area contributed by atoms with Crippen LogP contribution in [0.15, 0.2) is 12.4 Å². The Bertz CT molecular complexity index is 813. The highest BCUT2D eigenvalue weighted by molar-refractivity contribution is 4.90. The molecule has 2 unspecified atom stereocenters. The van der Waals surface area contributed by atoms with E-state index >= 15 is 0 Å². The van der Waals surface area contributed by atoms with Crippen LogP contribution >= 0.6 is 0 Å². The average Bonchev–Trinajstić information content (AvgIpc) is 3.66. The van der Waals surface area contributed by atoms with Gasteiger partial charge in [-0.05, 0) is 32.6 Å². The molecule has 0 aliphatic heterocycles. The van der Waals surface area contributed by atoms with Gasteiger partial charge in [0.25, 0.3) is 5.82 Å². The number of aromatic amines is 1. The van der Waals surface area contributed by atoms with Crippen LogP contribution in [0.25, 0.3) is 0 Å². The third-order valence-corrected chi connectivity index (χ3v) is 12.6. The molecule has 0 aliphatic rings. The first-order chi connectivity index (χ1) is 26.2.